The normalized spacial score (nSPS) is 19.2. The molecule has 0 radical (unpaired) electrons. The highest BCUT2D eigenvalue weighted by molar-refractivity contribution is 5.24. The molecule has 0 amide bonds. The molecule has 2 heteroatoms. The first kappa shape index (κ1) is 7.51. The van der Waals surface area contributed by atoms with Gasteiger partial charge in [0.25, 0.3) is 0 Å². The van der Waals surface area contributed by atoms with Crippen LogP contribution >= 0.6 is 0 Å². The van der Waals surface area contributed by atoms with Crippen molar-refractivity contribution in [1.29, 1.82) is 0 Å². The van der Waals surface area contributed by atoms with E-state index >= 15 is 0 Å². The third kappa shape index (κ3) is 1.69. The van der Waals surface area contributed by atoms with Crippen LogP contribution < -0.4 is 0 Å². The Kier molecular flexibility index (Phi) is 2.66. The summed E-state index contributed by atoms with van der Waals surface area (Å²) in [5.41, 5.74) is 0.946. The SMILES string of the molecule is CCOC(O)C1=CC=CC1. The van der Waals surface area contributed by atoms with Crippen LogP contribution in [-0.2, 0) is 4.74 Å². The summed E-state index contributed by atoms with van der Waals surface area (Å²) in [6.45, 7) is 2.42. The summed E-state index contributed by atoms with van der Waals surface area (Å²) in [4.78, 5) is 0. The number of hydrogen-bond acceptors (Lipinski definition) is 2. The minimum Gasteiger partial charge on any atom is -0.364 e. The van der Waals surface area contributed by atoms with Gasteiger partial charge in [-0.15, -0.1) is 0 Å². The monoisotopic (exact) mass is 140 g/mol. The predicted octanol–water partition coefficient (Wildman–Crippen LogP) is 1.23. The molecule has 1 atom stereocenters. The standard InChI is InChI=1S/C8H12O2/c1-2-10-8(9)7-5-3-4-6-7/h3-5,8-9H,2,6H2,1H3. The third-order valence-electron chi connectivity index (χ3n) is 1.44. The Hall–Kier alpha value is -0.600. The van der Waals surface area contributed by atoms with E-state index in [0.29, 0.717) is 6.61 Å². The van der Waals surface area contributed by atoms with E-state index in [1.54, 1.807) is 0 Å². The van der Waals surface area contributed by atoms with E-state index in [1.165, 1.54) is 0 Å². The lowest BCUT2D eigenvalue weighted by Gasteiger charge is -2.10. The molecular weight excluding hydrogens is 128 g/mol. The van der Waals surface area contributed by atoms with Gasteiger partial charge < -0.3 is 9.84 Å². The zero-order valence-corrected chi connectivity index (χ0v) is 6.08. The maximum absolute atomic E-state index is 9.22. The topological polar surface area (TPSA) is 29.5 Å². The van der Waals surface area contributed by atoms with Gasteiger partial charge in [-0.1, -0.05) is 18.2 Å². The number of hydrogen-bond donors (Lipinski definition) is 1. The van der Waals surface area contributed by atoms with Crippen molar-refractivity contribution < 1.29 is 9.84 Å². The van der Waals surface area contributed by atoms with Crippen LogP contribution in [0, 0.1) is 0 Å². The van der Waals surface area contributed by atoms with Gasteiger partial charge in [-0.3, -0.25) is 0 Å². The Morgan fingerprint density at radius 1 is 1.80 bits per heavy atom. The van der Waals surface area contributed by atoms with E-state index in [2.05, 4.69) is 0 Å². The predicted molar refractivity (Wildman–Crippen MR) is 39.5 cm³/mol. The Morgan fingerprint density at radius 3 is 3.10 bits per heavy atom. The molecule has 2 nitrogen and oxygen atoms in total. The lowest BCUT2D eigenvalue weighted by Crippen LogP contribution is -2.13. The van der Waals surface area contributed by atoms with Crippen molar-refractivity contribution in [3.8, 4) is 0 Å². The van der Waals surface area contributed by atoms with Gasteiger partial charge in [0, 0.05) is 6.61 Å². The first-order valence-electron chi connectivity index (χ1n) is 3.50. The maximum Gasteiger partial charge on any atom is 0.177 e. The minimum atomic E-state index is -0.694. The van der Waals surface area contributed by atoms with Crippen LogP contribution in [0.3, 0.4) is 0 Å². The molecule has 1 unspecified atom stereocenters. The average molecular weight is 140 g/mol. The highest BCUT2D eigenvalue weighted by Gasteiger charge is 2.09. The molecule has 1 aliphatic rings. The van der Waals surface area contributed by atoms with Crippen LogP contribution in [-0.4, -0.2) is 18.0 Å². The third-order valence-corrected chi connectivity index (χ3v) is 1.44. The Balaban J connectivity index is 2.35. The lowest BCUT2D eigenvalue weighted by atomic mass is 10.2. The van der Waals surface area contributed by atoms with E-state index in [4.69, 9.17) is 4.74 Å². The van der Waals surface area contributed by atoms with Crippen molar-refractivity contribution in [1.82, 2.24) is 0 Å². The summed E-state index contributed by atoms with van der Waals surface area (Å²) < 4.78 is 4.97. The van der Waals surface area contributed by atoms with Crippen molar-refractivity contribution in [2.75, 3.05) is 6.61 Å². The van der Waals surface area contributed by atoms with Crippen molar-refractivity contribution in [3.05, 3.63) is 23.8 Å². The van der Waals surface area contributed by atoms with Gasteiger partial charge in [0.05, 0.1) is 0 Å². The molecule has 1 aliphatic carbocycles. The van der Waals surface area contributed by atoms with Crippen molar-refractivity contribution >= 4 is 0 Å². The second-order valence-corrected chi connectivity index (χ2v) is 2.18. The molecule has 0 aromatic heterocycles. The van der Waals surface area contributed by atoms with E-state index < -0.39 is 6.29 Å². The zero-order valence-electron chi connectivity index (χ0n) is 6.08. The number of aliphatic hydroxyl groups is 1. The molecule has 1 N–H and O–H groups in total. The fourth-order valence-corrected chi connectivity index (χ4v) is 0.912. The smallest absolute Gasteiger partial charge is 0.177 e. The van der Waals surface area contributed by atoms with Crippen molar-refractivity contribution in [2.45, 2.75) is 19.6 Å². The molecule has 0 saturated heterocycles. The van der Waals surface area contributed by atoms with Gasteiger partial charge in [0.15, 0.2) is 6.29 Å². The summed E-state index contributed by atoms with van der Waals surface area (Å²) in [7, 11) is 0. The second kappa shape index (κ2) is 3.54. The van der Waals surface area contributed by atoms with Gasteiger partial charge in [-0.2, -0.15) is 0 Å². The fourth-order valence-electron chi connectivity index (χ4n) is 0.912. The number of allylic oxidation sites excluding steroid dienone is 3. The molecule has 56 valence electrons. The first-order valence-corrected chi connectivity index (χ1v) is 3.50. The fraction of sp³-hybridized carbons (Fsp3) is 0.500. The van der Waals surface area contributed by atoms with Crippen LogP contribution in [0.1, 0.15) is 13.3 Å². The van der Waals surface area contributed by atoms with E-state index in [1.807, 2.05) is 25.2 Å². The molecule has 0 aromatic rings. The molecule has 0 spiro atoms. The van der Waals surface area contributed by atoms with Gasteiger partial charge in [-0.05, 0) is 18.9 Å². The largest absolute Gasteiger partial charge is 0.364 e. The zero-order chi connectivity index (χ0) is 7.40. The average Bonchev–Trinajstić information content (AvgIpc) is 2.38. The van der Waals surface area contributed by atoms with Crippen molar-refractivity contribution in [3.63, 3.8) is 0 Å². The molecule has 0 heterocycles. The molecule has 0 bridgehead atoms. The lowest BCUT2D eigenvalue weighted by molar-refractivity contribution is -0.0678. The molecule has 1 rings (SSSR count). The van der Waals surface area contributed by atoms with Crippen LogP contribution in [0.4, 0.5) is 0 Å². The summed E-state index contributed by atoms with van der Waals surface area (Å²) in [6.07, 6.45) is 5.94. The maximum atomic E-state index is 9.22. The van der Waals surface area contributed by atoms with Crippen LogP contribution in [0.2, 0.25) is 0 Å². The summed E-state index contributed by atoms with van der Waals surface area (Å²) in [5, 5.41) is 9.22. The van der Waals surface area contributed by atoms with E-state index in [9.17, 15) is 5.11 Å². The summed E-state index contributed by atoms with van der Waals surface area (Å²) >= 11 is 0. The molecular formula is C8H12O2. The summed E-state index contributed by atoms with van der Waals surface area (Å²) in [6, 6.07) is 0. The quantitative estimate of drug-likeness (QED) is 0.597. The van der Waals surface area contributed by atoms with Crippen LogP contribution in [0.5, 0.6) is 0 Å². The Bertz CT molecular complexity index is 159. The highest BCUT2D eigenvalue weighted by atomic mass is 16.6. The van der Waals surface area contributed by atoms with E-state index in [0.717, 1.165) is 12.0 Å². The van der Waals surface area contributed by atoms with Gasteiger partial charge in [-0.25, -0.2) is 0 Å². The van der Waals surface area contributed by atoms with Gasteiger partial charge in [0.2, 0.25) is 0 Å². The second-order valence-electron chi connectivity index (χ2n) is 2.18. The van der Waals surface area contributed by atoms with Crippen molar-refractivity contribution in [2.24, 2.45) is 0 Å². The molecule has 0 aliphatic heterocycles. The Morgan fingerprint density at radius 2 is 2.60 bits per heavy atom. The van der Waals surface area contributed by atoms with Gasteiger partial charge >= 0.3 is 0 Å². The highest BCUT2D eigenvalue weighted by Crippen LogP contribution is 2.14. The number of aliphatic hydroxyl groups excluding tert-OH is 1. The van der Waals surface area contributed by atoms with E-state index in [-0.39, 0.29) is 0 Å². The van der Waals surface area contributed by atoms with Gasteiger partial charge in [0.1, 0.15) is 0 Å². The van der Waals surface area contributed by atoms with Crippen LogP contribution in [0.15, 0.2) is 23.8 Å². The summed E-state index contributed by atoms with van der Waals surface area (Å²) in [5.74, 6) is 0. The number of ether oxygens (including phenoxy) is 1. The van der Waals surface area contributed by atoms with Crippen LogP contribution in [0.25, 0.3) is 0 Å². The molecule has 0 aromatic carbocycles. The minimum absolute atomic E-state index is 0.554. The Labute approximate surface area is 60.8 Å². The molecule has 10 heavy (non-hydrogen) atoms. The molecule has 0 saturated carbocycles. The molecule has 0 fully saturated rings. The first-order chi connectivity index (χ1) is 4.84. The number of rotatable bonds is 3.